The highest BCUT2D eigenvalue weighted by atomic mass is 16.5. The van der Waals surface area contributed by atoms with Crippen molar-refractivity contribution < 1.29 is 19.4 Å². The summed E-state index contributed by atoms with van der Waals surface area (Å²) in [6, 6.07) is 11.4. The molecule has 1 aliphatic heterocycles. The third-order valence-electron chi connectivity index (χ3n) is 6.19. The SMILES string of the molecule is C#Cc1ccc2c(-c3ccc4c5c(ccnc35)CCO4)c([C@H](OC(C)(C)C)C(=O)O)c(C)cc2n1. The van der Waals surface area contributed by atoms with Gasteiger partial charge in [0.25, 0.3) is 0 Å². The van der Waals surface area contributed by atoms with E-state index >= 15 is 0 Å². The van der Waals surface area contributed by atoms with E-state index in [2.05, 4.69) is 10.9 Å². The van der Waals surface area contributed by atoms with Crippen LogP contribution in [0.1, 0.15) is 49.3 Å². The van der Waals surface area contributed by atoms with Gasteiger partial charge in [-0.25, -0.2) is 9.78 Å². The van der Waals surface area contributed by atoms with Gasteiger partial charge in [-0.05, 0) is 80.8 Å². The number of pyridine rings is 2. The first-order chi connectivity index (χ1) is 16.7. The van der Waals surface area contributed by atoms with Crippen molar-refractivity contribution in [2.24, 2.45) is 0 Å². The summed E-state index contributed by atoms with van der Waals surface area (Å²) in [5.74, 6) is 2.31. The first kappa shape index (κ1) is 22.8. The Balaban J connectivity index is 1.92. The van der Waals surface area contributed by atoms with E-state index in [1.54, 1.807) is 12.3 Å². The van der Waals surface area contributed by atoms with Crippen molar-refractivity contribution in [3.63, 3.8) is 0 Å². The third kappa shape index (κ3) is 3.98. The molecule has 176 valence electrons. The molecular weight excluding hydrogens is 440 g/mol. The molecule has 5 rings (SSSR count). The van der Waals surface area contributed by atoms with E-state index in [1.807, 2.05) is 58.0 Å². The zero-order valence-electron chi connectivity index (χ0n) is 20.2. The van der Waals surface area contributed by atoms with E-state index in [-0.39, 0.29) is 0 Å². The van der Waals surface area contributed by atoms with Crippen LogP contribution in [0, 0.1) is 19.3 Å². The molecule has 0 spiro atoms. The molecule has 2 aromatic carbocycles. The van der Waals surface area contributed by atoms with Crippen LogP contribution < -0.4 is 4.74 Å². The van der Waals surface area contributed by atoms with E-state index < -0.39 is 17.7 Å². The summed E-state index contributed by atoms with van der Waals surface area (Å²) in [5, 5.41) is 12.0. The monoisotopic (exact) mass is 466 g/mol. The Kier molecular flexibility index (Phi) is 5.46. The van der Waals surface area contributed by atoms with E-state index in [0.29, 0.717) is 23.4 Å². The number of ether oxygens (including phenoxy) is 2. The molecule has 3 heterocycles. The van der Waals surface area contributed by atoms with Crippen molar-refractivity contribution in [2.45, 2.75) is 45.8 Å². The second-order valence-corrected chi connectivity index (χ2v) is 9.74. The van der Waals surface area contributed by atoms with Gasteiger partial charge >= 0.3 is 5.97 Å². The van der Waals surface area contributed by atoms with Crippen molar-refractivity contribution in [3.8, 4) is 29.2 Å². The molecule has 6 heteroatoms. The summed E-state index contributed by atoms with van der Waals surface area (Å²) in [6.45, 7) is 8.04. The number of aromatic nitrogens is 2. The quantitative estimate of drug-likeness (QED) is 0.394. The van der Waals surface area contributed by atoms with Crippen LogP contribution in [-0.2, 0) is 16.0 Å². The Morgan fingerprint density at radius 1 is 1.23 bits per heavy atom. The Labute approximate surface area is 203 Å². The molecule has 0 saturated heterocycles. The van der Waals surface area contributed by atoms with Crippen LogP contribution >= 0.6 is 0 Å². The fourth-order valence-corrected chi connectivity index (χ4v) is 4.82. The van der Waals surface area contributed by atoms with E-state index in [4.69, 9.17) is 20.9 Å². The maximum atomic E-state index is 12.6. The van der Waals surface area contributed by atoms with Gasteiger partial charge in [0, 0.05) is 34.5 Å². The second kappa shape index (κ2) is 8.37. The maximum absolute atomic E-state index is 12.6. The molecule has 1 atom stereocenters. The zero-order valence-corrected chi connectivity index (χ0v) is 20.2. The number of hydrogen-bond acceptors (Lipinski definition) is 5. The minimum Gasteiger partial charge on any atom is -0.493 e. The molecule has 2 aromatic heterocycles. The van der Waals surface area contributed by atoms with Crippen LogP contribution in [0.2, 0.25) is 0 Å². The molecular formula is C29H26N2O4. The minimum atomic E-state index is -1.19. The summed E-state index contributed by atoms with van der Waals surface area (Å²) in [7, 11) is 0. The van der Waals surface area contributed by atoms with Gasteiger partial charge in [-0.15, -0.1) is 6.42 Å². The number of benzene rings is 2. The molecule has 6 nitrogen and oxygen atoms in total. The van der Waals surface area contributed by atoms with Crippen LogP contribution in [0.4, 0.5) is 0 Å². The van der Waals surface area contributed by atoms with E-state index in [9.17, 15) is 9.90 Å². The van der Waals surface area contributed by atoms with Crippen molar-refractivity contribution in [1.29, 1.82) is 0 Å². The third-order valence-corrected chi connectivity index (χ3v) is 6.19. The van der Waals surface area contributed by atoms with Gasteiger partial charge in [-0.2, -0.15) is 0 Å². The van der Waals surface area contributed by atoms with Crippen LogP contribution in [-0.4, -0.2) is 33.3 Å². The number of carbonyl (C=O) groups is 1. The van der Waals surface area contributed by atoms with Crippen LogP contribution in [0.5, 0.6) is 5.75 Å². The molecule has 0 radical (unpaired) electrons. The highest BCUT2D eigenvalue weighted by molar-refractivity contribution is 6.08. The van der Waals surface area contributed by atoms with Crippen molar-refractivity contribution in [2.75, 3.05) is 6.61 Å². The van der Waals surface area contributed by atoms with Crippen molar-refractivity contribution >= 4 is 27.8 Å². The van der Waals surface area contributed by atoms with E-state index in [0.717, 1.165) is 50.7 Å². The molecule has 0 bridgehead atoms. The largest absolute Gasteiger partial charge is 0.493 e. The van der Waals surface area contributed by atoms with Crippen molar-refractivity contribution in [3.05, 3.63) is 65.0 Å². The van der Waals surface area contributed by atoms with E-state index in [1.165, 1.54) is 0 Å². The molecule has 0 saturated carbocycles. The smallest absolute Gasteiger partial charge is 0.337 e. The molecule has 35 heavy (non-hydrogen) atoms. The Morgan fingerprint density at radius 2 is 2.03 bits per heavy atom. The average molecular weight is 467 g/mol. The van der Waals surface area contributed by atoms with Gasteiger partial charge in [-0.1, -0.05) is 5.92 Å². The summed E-state index contributed by atoms with van der Waals surface area (Å²) in [6.07, 6.45) is 7.00. The molecule has 0 aliphatic carbocycles. The predicted molar refractivity (Wildman–Crippen MR) is 136 cm³/mol. The minimum absolute atomic E-state index is 0.514. The number of terminal acetylenes is 1. The summed E-state index contributed by atoms with van der Waals surface area (Å²) in [5.41, 5.74) is 5.30. The highest BCUT2D eigenvalue weighted by Gasteiger charge is 2.32. The fraction of sp³-hybridized carbons (Fsp3) is 0.276. The Bertz CT molecular complexity index is 1530. The number of hydrogen-bond donors (Lipinski definition) is 1. The number of carboxylic acid groups (broad SMARTS) is 1. The molecule has 0 fully saturated rings. The lowest BCUT2D eigenvalue weighted by Gasteiger charge is -2.29. The fourth-order valence-electron chi connectivity index (χ4n) is 4.82. The van der Waals surface area contributed by atoms with Gasteiger partial charge in [0.05, 0.1) is 23.2 Å². The lowest BCUT2D eigenvalue weighted by Crippen LogP contribution is -2.28. The number of nitrogens with zero attached hydrogens (tertiary/aromatic N) is 2. The number of fused-ring (bicyclic) bond motifs is 1. The lowest BCUT2D eigenvalue weighted by atomic mass is 9.86. The first-order valence-electron chi connectivity index (χ1n) is 11.5. The standard InChI is InChI=1S/C29H26N2O4/c1-6-18-7-8-19-21(31-18)15-16(2)23(27(28(32)33)35-29(3,4)5)25(19)20-9-10-22-24-17(12-14-34-22)11-13-30-26(20)24/h1,7-11,13,15,27H,12,14H2,2-5H3,(H,32,33)/t27-/m0/s1. The zero-order chi connectivity index (χ0) is 24.9. The number of carboxylic acids is 1. The number of aliphatic carboxylic acids is 1. The lowest BCUT2D eigenvalue weighted by molar-refractivity contribution is -0.160. The van der Waals surface area contributed by atoms with Gasteiger partial charge in [0.1, 0.15) is 11.4 Å². The molecule has 1 aliphatic rings. The van der Waals surface area contributed by atoms with Crippen LogP contribution in [0.3, 0.4) is 0 Å². The molecule has 0 amide bonds. The van der Waals surface area contributed by atoms with Crippen LogP contribution in [0.25, 0.3) is 32.9 Å². The predicted octanol–water partition coefficient (Wildman–Crippen LogP) is 5.62. The van der Waals surface area contributed by atoms with Crippen LogP contribution in [0.15, 0.2) is 42.6 Å². The number of aryl methyl sites for hydroxylation is 1. The Hall–Kier alpha value is -3.95. The van der Waals surface area contributed by atoms with Gasteiger partial charge in [0.2, 0.25) is 0 Å². The molecule has 4 aromatic rings. The second-order valence-electron chi connectivity index (χ2n) is 9.74. The maximum Gasteiger partial charge on any atom is 0.337 e. The molecule has 1 N–H and O–H groups in total. The topological polar surface area (TPSA) is 81.5 Å². The summed E-state index contributed by atoms with van der Waals surface area (Å²) < 4.78 is 12.0. The highest BCUT2D eigenvalue weighted by Crippen LogP contribution is 2.44. The number of rotatable bonds is 4. The normalized spacial score (nSPS) is 13.9. The molecule has 0 unspecified atom stereocenters. The van der Waals surface area contributed by atoms with Gasteiger partial charge in [-0.3, -0.25) is 4.98 Å². The summed E-state index contributed by atoms with van der Waals surface area (Å²) in [4.78, 5) is 21.9. The van der Waals surface area contributed by atoms with Gasteiger partial charge in [0.15, 0.2) is 6.10 Å². The van der Waals surface area contributed by atoms with Gasteiger partial charge < -0.3 is 14.6 Å². The average Bonchev–Trinajstić information content (AvgIpc) is 2.82. The Morgan fingerprint density at radius 3 is 2.74 bits per heavy atom. The first-order valence-corrected chi connectivity index (χ1v) is 11.5. The van der Waals surface area contributed by atoms with Crippen molar-refractivity contribution in [1.82, 2.24) is 9.97 Å². The summed E-state index contributed by atoms with van der Waals surface area (Å²) >= 11 is 0.